The maximum Gasteiger partial charge on any atom is 0.341 e. The topological polar surface area (TPSA) is 75.1 Å². The first-order valence-electron chi connectivity index (χ1n) is 6.50. The second kappa shape index (κ2) is 5.80. The van der Waals surface area contributed by atoms with Crippen LogP contribution in [0.1, 0.15) is 49.4 Å². The van der Waals surface area contributed by atoms with Crippen LogP contribution in [-0.2, 0) is 0 Å². The van der Waals surface area contributed by atoms with Crippen molar-refractivity contribution in [3.8, 4) is 0 Å². The van der Waals surface area contributed by atoms with Crippen LogP contribution in [-0.4, -0.2) is 27.1 Å². The van der Waals surface area contributed by atoms with Crippen LogP contribution in [0.15, 0.2) is 12.5 Å². The fourth-order valence-corrected chi connectivity index (χ4v) is 2.51. The highest BCUT2D eigenvalue weighted by atomic mass is 16.4. The Balaban J connectivity index is 2.00. The average molecular weight is 249 g/mol. The first-order chi connectivity index (χ1) is 8.70. The van der Waals surface area contributed by atoms with E-state index in [1.807, 2.05) is 0 Å². The number of anilines is 1. The summed E-state index contributed by atoms with van der Waals surface area (Å²) in [6.07, 6.45) is 8.55. The zero-order chi connectivity index (χ0) is 13.0. The van der Waals surface area contributed by atoms with Gasteiger partial charge in [-0.05, 0) is 31.6 Å². The first kappa shape index (κ1) is 12.8. The Morgan fingerprint density at radius 2 is 2.17 bits per heavy atom. The molecule has 1 aromatic heterocycles. The van der Waals surface area contributed by atoms with Crippen molar-refractivity contribution in [3.05, 3.63) is 18.1 Å². The van der Waals surface area contributed by atoms with E-state index in [4.69, 9.17) is 5.11 Å². The molecule has 2 rings (SSSR count). The highest BCUT2D eigenvalue weighted by molar-refractivity contribution is 5.92. The third-order valence-corrected chi connectivity index (χ3v) is 3.71. The summed E-state index contributed by atoms with van der Waals surface area (Å²) in [6.45, 7) is 2.23. The lowest BCUT2D eigenvalue weighted by Gasteiger charge is -2.29. The zero-order valence-corrected chi connectivity index (χ0v) is 10.6. The Bertz CT molecular complexity index is 414. The predicted octanol–water partition coefficient (Wildman–Crippen LogP) is 2.56. The van der Waals surface area contributed by atoms with Crippen molar-refractivity contribution in [1.29, 1.82) is 0 Å². The van der Waals surface area contributed by atoms with Crippen molar-refractivity contribution >= 4 is 11.8 Å². The maximum atomic E-state index is 11.0. The summed E-state index contributed by atoms with van der Waals surface area (Å²) in [5.74, 6) is 0.283. The van der Waals surface area contributed by atoms with Crippen LogP contribution in [0.25, 0.3) is 0 Å². The summed E-state index contributed by atoms with van der Waals surface area (Å²) in [4.78, 5) is 18.8. The predicted molar refractivity (Wildman–Crippen MR) is 68.7 cm³/mol. The summed E-state index contributed by atoms with van der Waals surface area (Å²) in [7, 11) is 0. The van der Waals surface area contributed by atoms with Gasteiger partial charge in [0.05, 0.1) is 0 Å². The maximum absolute atomic E-state index is 11.0. The van der Waals surface area contributed by atoms with Crippen molar-refractivity contribution in [1.82, 2.24) is 9.97 Å². The summed E-state index contributed by atoms with van der Waals surface area (Å²) in [6, 6.07) is 0.334. The normalized spacial score (nSPS) is 23.6. The first-order valence-corrected chi connectivity index (χ1v) is 6.50. The number of aromatic carboxylic acids is 1. The standard InChI is InChI=1S/C13H19N3O2/c1-2-9-3-5-10(6-4-9)16-12-11(13(17)18)7-14-8-15-12/h7-10H,2-6H2,1H3,(H,17,18)(H,14,15,16). The number of hydrogen-bond donors (Lipinski definition) is 2. The molecule has 5 nitrogen and oxygen atoms in total. The summed E-state index contributed by atoms with van der Waals surface area (Å²) in [5, 5.41) is 12.3. The van der Waals surface area contributed by atoms with Gasteiger partial charge in [-0.15, -0.1) is 0 Å². The number of carboxylic acids is 1. The fourth-order valence-electron chi connectivity index (χ4n) is 2.51. The second-order valence-corrected chi connectivity index (χ2v) is 4.86. The molecule has 1 saturated carbocycles. The van der Waals surface area contributed by atoms with Crippen LogP contribution in [0.3, 0.4) is 0 Å². The molecule has 0 bridgehead atoms. The highest BCUT2D eigenvalue weighted by Crippen LogP contribution is 2.28. The molecule has 0 aromatic carbocycles. The molecule has 0 spiro atoms. The molecule has 1 heterocycles. The lowest BCUT2D eigenvalue weighted by atomic mass is 9.84. The van der Waals surface area contributed by atoms with Gasteiger partial charge in [0, 0.05) is 12.2 Å². The molecule has 0 radical (unpaired) electrons. The number of aromatic nitrogens is 2. The Morgan fingerprint density at radius 1 is 1.44 bits per heavy atom. The van der Waals surface area contributed by atoms with Gasteiger partial charge in [0.2, 0.25) is 0 Å². The van der Waals surface area contributed by atoms with Gasteiger partial charge < -0.3 is 10.4 Å². The molecule has 2 N–H and O–H groups in total. The van der Waals surface area contributed by atoms with E-state index in [2.05, 4.69) is 22.2 Å². The van der Waals surface area contributed by atoms with Crippen LogP contribution in [0, 0.1) is 5.92 Å². The molecule has 0 saturated heterocycles. The van der Waals surface area contributed by atoms with E-state index in [0.717, 1.165) is 18.8 Å². The second-order valence-electron chi connectivity index (χ2n) is 4.86. The lowest BCUT2D eigenvalue weighted by Crippen LogP contribution is -2.27. The molecule has 1 aromatic rings. The van der Waals surface area contributed by atoms with Crippen molar-refractivity contribution in [2.75, 3.05) is 5.32 Å². The molecule has 0 aliphatic heterocycles. The van der Waals surface area contributed by atoms with Gasteiger partial charge in [-0.2, -0.15) is 0 Å². The quantitative estimate of drug-likeness (QED) is 0.857. The van der Waals surface area contributed by atoms with Crippen molar-refractivity contribution < 1.29 is 9.90 Å². The Labute approximate surface area is 107 Å². The van der Waals surface area contributed by atoms with Crippen molar-refractivity contribution in [2.45, 2.75) is 45.1 Å². The molecule has 18 heavy (non-hydrogen) atoms. The molecule has 1 aliphatic carbocycles. The van der Waals surface area contributed by atoms with E-state index >= 15 is 0 Å². The van der Waals surface area contributed by atoms with Gasteiger partial charge in [0.15, 0.2) is 0 Å². The number of rotatable bonds is 4. The van der Waals surface area contributed by atoms with Crippen molar-refractivity contribution in [2.24, 2.45) is 5.92 Å². The molecular formula is C13H19N3O2. The van der Waals surface area contributed by atoms with Crippen LogP contribution in [0.2, 0.25) is 0 Å². The molecule has 0 unspecified atom stereocenters. The van der Waals surface area contributed by atoms with Crippen LogP contribution in [0.4, 0.5) is 5.82 Å². The molecular weight excluding hydrogens is 230 g/mol. The minimum atomic E-state index is -0.986. The summed E-state index contributed by atoms with van der Waals surface area (Å²) >= 11 is 0. The SMILES string of the molecule is CCC1CCC(Nc2ncncc2C(=O)O)CC1. The van der Waals surface area contributed by atoms with E-state index < -0.39 is 5.97 Å². The Kier molecular flexibility index (Phi) is 4.12. The highest BCUT2D eigenvalue weighted by Gasteiger charge is 2.21. The van der Waals surface area contributed by atoms with E-state index in [-0.39, 0.29) is 5.56 Å². The number of hydrogen-bond acceptors (Lipinski definition) is 4. The summed E-state index contributed by atoms with van der Waals surface area (Å²) < 4.78 is 0. The van der Waals surface area contributed by atoms with E-state index in [1.165, 1.54) is 31.8 Å². The van der Waals surface area contributed by atoms with Crippen LogP contribution in [0.5, 0.6) is 0 Å². The zero-order valence-electron chi connectivity index (χ0n) is 10.6. The van der Waals surface area contributed by atoms with Gasteiger partial charge in [-0.1, -0.05) is 13.3 Å². The smallest absolute Gasteiger partial charge is 0.341 e. The van der Waals surface area contributed by atoms with E-state index in [1.54, 1.807) is 0 Å². The fraction of sp³-hybridized carbons (Fsp3) is 0.615. The van der Waals surface area contributed by atoms with Gasteiger partial charge in [-0.3, -0.25) is 0 Å². The number of nitrogens with zero attached hydrogens (tertiary/aromatic N) is 2. The molecule has 0 atom stereocenters. The van der Waals surface area contributed by atoms with E-state index in [0.29, 0.717) is 11.9 Å². The molecule has 0 amide bonds. The number of carboxylic acid groups (broad SMARTS) is 1. The van der Waals surface area contributed by atoms with E-state index in [9.17, 15) is 4.79 Å². The van der Waals surface area contributed by atoms with Gasteiger partial charge >= 0.3 is 5.97 Å². The largest absolute Gasteiger partial charge is 0.477 e. The molecule has 1 aliphatic rings. The number of carbonyl (C=O) groups is 1. The van der Waals surface area contributed by atoms with Crippen LogP contribution < -0.4 is 5.32 Å². The van der Waals surface area contributed by atoms with Gasteiger partial charge in [0.25, 0.3) is 0 Å². The minimum absolute atomic E-state index is 0.148. The third-order valence-electron chi connectivity index (χ3n) is 3.71. The monoisotopic (exact) mass is 249 g/mol. The number of nitrogens with one attached hydrogen (secondary N) is 1. The van der Waals surface area contributed by atoms with Gasteiger partial charge in [-0.25, -0.2) is 14.8 Å². The average Bonchev–Trinajstić information content (AvgIpc) is 2.40. The molecule has 1 fully saturated rings. The Morgan fingerprint density at radius 3 is 2.78 bits per heavy atom. The minimum Gasteiger partial charge on any atom is -0.477 e. The van der Waals surface area contributed by atoms with Crippen molar-refractivity contribution in [3.63, 3.8) is 0 Å². The summed E-state index contributed by atoms with van der Waals surface area (Å²) in [5.41, 5.74) is 0.148. The lowest BCUT2D eigenvalue weighted by molar-refractivity contribution is 0.0697. The Hall–Kier alpha value is -1.65. The van der Waals surface area contributed by atoms with Gasteiger partial charge in [0.1, 0.15) is 17.7 Å². The third kappa shape index (κ3) is 2.97. The van der Waals surface area contributed by atoms with Crippen LogP contribution >= 0.6 is 0 Å². The molecule has 98 valence electrons. The molecule has 5 heteroatoms.